The molecule has 0 saturated heterocycles. The monoisotopic (exact) mass is 726 g/mol. The van der Waals surface area contributed by atoms with E-state index in [9.17, 15) is 15.0 Å². The molecule has 0 spiro atoms. The number of methoxy groups -OCH3 is 1. The van der Waals surface area contributed by atoms with E-state index in [2.05, 4.69) is 19.9 Å². The lowest BCUT2D eigenvalue weighted by Crippen LogP contribution is -2.30. The number of nitrogens with zero attached hydrogens (tertiary/aromatic N) is 4. The van der Waals surface area contributed by atoms with Gasteiger partial charge >= 0.3 is 5.97 Å². The second-order valence-electron chi connectivity index (χ2n) is 11.6. The number of ether oxygens (including phenoxy) is 5. The zero-order valence-corrected chi connectivity index (χ0v) is 29.0. The second-order valence-corrected chi connectivity index (χ2v) is 12.8. The summed E-state index contributed by atoms with van der Waals surface area (Å²) in [6, 6.07) is 17.8. The third kappa shape index (κ3) is 7.09. The van der Waals surface area contributed by atoms with Gasteiger partial charge in [0, 0.05) is 29.1 Å². The van der Waals surface area contributed by atoms with Gasteiger partial charge in [-0.15, -0.1) is 11.3 Å². The lowest BCUT2D eigenvalue weighted by molar-refractivity contribution is -0.145. The lowest BCUT2D eigenvalue weighted by atomic mass is 10.0. The number of aliphatic hydroxyl groups excluding tert-OH is 1. The normalized spacial score (nSPS) is 15.7. The van der Waals surface area contributed by atoms with Gasteiger partial charge in [-0.3, -0.25) is 0 Å². The number of rotatable bonds is 7. The van der Waals surface area contributed by atoms with E-state index in [-0.39, 0.29) is 32.1 Å². The van der Waals surface area contributed by atoms with Crippen LogP contribution >= 0.6 is 22.9 Å². The first kappa shape index (κ1) is 34.0. The summed E-state index contributed by atoms with van der Waals surface area (Å²) < 4.78 is 30.1. The second kappa shape index (κ2) is 14.8. The highest BCUT2D eigenvalue weighted by Crippen LogP contribution is 2.43. The van der Waals surface area contributed by atoms with Gasteiger partial charge in [-0.2, -0.15) is 0 Å². The third-order valence-corrected chi connectivity index (χ3v) is 9.67. The molecule has 0 fully saturated rings. The lowest BCUT2D eigenvalue weighted by Gasteiger charge is -2.20. The smallest absolute Gasteiger partial charge is 0.345 e. The number of hydrogen-bond acceptors (Lipinski definition) is 12. The molecule has 260 valence electrons. The average Bonchev–Trinajstić information content (AvgIpc) is 3.59. The molecule has 14 heteroatoms. The minimum absolute atomic E-state index is 0.0228. The minimum atomic E-state index is -1.37. The van der Waals surface area contributed by atoms with Gasteiger partial charge in [0.25, 0.3) is 0 Å². The number of carboxylic acid groups (broad SMARTS) is 1. The molecule has 12 nitrogen and oxygen atoms in total. The van der Waals surface area contributed by atoms with Crippen molar-refractivity contribution in [2.75, 3.05) is 20.3 Å². The summed E-state index contributed by atoms with van der Waals surface area (Å²) >= 11 is 8.17. The Bertz CT molecular complexity index is 2230. The fourth-order valence-corrected chi connectivity index (χ4v) is 6.82. The first-order chi connectivity index (χ1) is 24.8. The number of aliphatic carboxylic acids is 1. The van der Waals surface area contributed by atoms with Crippen LogP contribution in [0.2, 0.25) is 5.02 Å². The number of para-hydroxylation sites is 1. The van der Waals surface area contributed by atoms with Crippen molar-refractivity contribution in [2.24, 2.45) is 0 Å². The molecule has 3 aromatic carbocycles. The molecule has 4 bridgehead atoms. The fourth-order valence-electron chi connectivity index (χ4n) is 5.72. The van der Waals surface area contributed by atoms with Crippen LogP contribution in [-0.2, 0) is 17.8 Å². The molecule has 0 unspecified atom stereocenters. The van der Waals surface area contributed by atoms with Crippen LogP contribution in [0.1, 0.15) is 16.8 Å². The van der Waals surface area contributed by atoms with E-state index >= 15 is 0 Å². The number of halogens is 1. The number of hydrogen-bond donors (Lipinski definition) is 2. The first-order valence-electron chi connectivity index (χ1n) is 15.9. The molecule has 5 heterocycles. The van der Waals surface area contributed by atoms with Gasteiger partial charge in [-0.1, -0.05) is 29.8 Å². The Morgan fingerprint density at radius 3 is 2.71 bits per heavy atom. The molecular formula is C37H31ClN4O8S. The number of thiophene rings is 1. The summed E-state index contributed by atoms with van der Waals surface area (Å²) in [4.78, 5) is 31.2. The van der Waals surface area contributed by atoms with Crippen molar-refractivity contribution in [3.8, 4) is 51.4 Å². The minimum Gasteiger partial charge on any atom is -0.496 e. The van der Waals surface area contributed by atoms with Crippen LogP contribution < -0.4 is 23.7 Å². The van der Waals surface area contributed by atoms with Gasteiger partial charge in [0.15, 0.2) is 11.9 Å². The van der Waals surface area contributed by atoms with E-state index in [4.69, 9.17) is 35.3 Å². The molecule has 6 aromatic rings. The fraction of sp³-hybridized carbons (Fsp3) is 0.216. The van der Waals surface area contributed by atoms with Gasteiger partial charge in [0.2, 0.25) is 12.0 Å². The molecule has 8 rings (SSSR count). The van der Waals surface area contributed by atoms with Crippen LogP contribution in [0.3, 0.4) is 0 Å². The Labute approximate surface area is 301 Å². The summed E-state index contributed by atoms with van der Waals surface area (Å²) in [5, 5.41) is 23.4. The topological polar surface area (TPSA) is 155 Å². The van der Waals surface area contributed by atoms with Gasteiger partial charge in [0.05, 0.1) is 35.4 Å². The van der Waals surface area contributed by atoms with Gasteiger partial charge < -0.3 is 33.9 Å². The molecule has 2 atom stereocenters. The molecule has 51 heavy (non-hydrogen) atoms. The average molecular weight is 727 g/mol. The summed E-state index contributed by atoms with van der Waals surface area (Å²) in [7, 11) is 1.58. The predicted octanol–water partition coefficient (Wildman–Crippen LogP) is 6.57. The van der Waals surface area contributed by atoms with Crippen molar-refractivity contribution in [1.82, 2.24) is 19.9 Å². The van der Waals surface area contributed by atoms with Crippen LogP contribution in [0.15, 0.2) is 78.6 Å². The molecule has 3 aromatic heterocycles. The van der Waals surface area contributed by atoms with E-state index in [1.165, 1.54) is 17.7 Å². The molecule has 0 radical (unpaired) electrons. The Hall–Kier alpha value is -5.50. The van der Waals surface area contributed by atoms with E-state index in [1.54, 1.807) is 43.6 Å². The number of fused-ring (bicyclic) bond motifs is 7. The van der Waals surface area contributed by atoms with Crippen LogP contribution in [0.5, 0.6) is 28.9 Å². The Morgan fingerprint density at radius 2 is 1.88 bits per heavy atom. The number of benzene rings is 3. The highest BCUT2D eigenvalue weighted by molar-refractivity contribution is 7.17. The van der Waals surface area contributed by atoms with Crippen LogP contribution in [-0.4, -0.2) is 68.6 Å². The maximum Gasteiger partial charge on any atom is 0.345 e. The zero-order chi connectivity index (χ0) is 35.5. The highest BCUT2D eigenvalue weighted by Gasteiger charge is 2.27. The van der Waals surface area contributed by atoms with E-state index < -0.39 is 18.2 Å². The quantitative estimate of drug-likeness (QED) is 0.183. The number of aliphatic hydroxyl groups is 1. The van der Waals surface area contributed by atoms with Crippen molar-refractivity contribution in [3.63, 3.8) is 0 Å². The molecule has 2 aliphatic rings. The predicted molar refractivity (Wildman–Crippen MR) is 190 cm³/mol. The molecule has 0 saturated carbocycles. The Kier molecular flexibility index (Phi) is 9.84. The SMILES string of the molecule is COc1ccccc1-c1nccc(COc2ccc3cc2C[C@H](C(=O)O)Oc2ncnc4scc(c24)-c2ccc(c(Cl)c2C)O[C@H](CO)CO3)n1. The van der Waals surface area contributed by atoms with Crippen molar-refractivity contribution in [1.29, 1.82) is 0 Å². The number of aromatic nitrogens is 4. The van der Waals surface area contributed by atoms with E-state index in [0.29, 0.717) is 60.9 Å². The molecule has 0 aliphatic carbocycles. The largest absolute Gasteiger partial charge is 0.496 e. The summed E-state index contributed by atoms with van der Waals surface area (Å²) in [6.07, 6.45) is 0.744. The summed E-state index contributed by atoms with van der Waals surface area (Å²) in [5.74, 6) is 1.19. The van der Waals surface area contributed by atoms with Crippen LogP contribution in [0, 0.1) is 6.92 Å². The van der Waals surface area contributed by atoms with Gasteiger partial charge in [-0.05, 0) is 60.5 Å². The molecule has 0 amide bonds. The van der Waals surface area contributed by atoms with Crippen molar-refractivity contribution < 1.29 is 38.7 Å². The Morgan fingerprint density at radius 1 is 1.02 bits per heavy atom. The van der Waals surface area contributed by atoms with E-state index in [0.717, 1.165) is 16.7 Å². The van der Waals surface area contributed by atoms with Gasteiger partial charge in [-0.25, -0.2) is 24.7 Å². The molecule has 2 N–H and O–H groups in total. The van der Waals surface area contributed by atoms with Crippen molar-refractivity contribution in [2.45, 2.75) is 32.2 Å². The van der Waals surface area contributed by atoms with Crippen molar-refractivity contribution >= 4 is 39.1 Å². The van der Waals surface area contributed by atoms with Crippen LogP contribution in [0.25, 0.3) is 32.7 Å². The summed E-state index contributed by atoms with van der Waals surface area (Å²) in [5.41, 5.74) is 4.03. The zero-order valence-electron chi connectivity index (χ0n) is 27.4. The van der Waals surface area contributed by atoms with Crippen molar-refractivity contribution in [3.05, 3.63) is 100 Å². The third-order valence-electron chi connectivity index (χ3n) is 8.31. The maximum absolute atomic E-state index is 12.8. The number of carbonyl (C=O) groups is 1. The number of carboxylic acids is 1. The summed E-state index contributed by atoms with van der Waals surface area (Å²) in [6.45, 7) is 1.54. The first-order valence-corrected chi connectivity index (χ1v) is 17.1. The molecule has 2 aliphatic heterocycles. The van der Waals surface area contributed by atoms with E-state index in [1.807, 2.05) is 42.6 Å². The standard InChI is InChI=1S/C37H31ClN4O8S/c1-20-25-8-10-30(33(20)38)49-24(15-43)17-47-23-7-9-28(48-16-22-11-12-39-34(42-22)26-5-3-4-6-29(26)46-2)21(13-23)14-31(37(44)45)50-35-32-27(25)18-51-36(32)41-19-40-35/h3-13,18-19,24,31,43H,14-17H2,1-2H3,(H,44,45)/t24-,31-/m1/s1. The molecular weight excluding hydrogens is 696 g/mol. The Balaban J connectivity index is 1.26. The maximum atomic E-state index is 12.8. The van der Waals surface area contributed by atoms with Crippen LogP contribution in [0.4, 0.5) is 0 Å². The van der Waals surface area contributed by atoms with Gasteiger partial charge in [0.1, 0.15) is 47.4 Å². The highest BCUT2D eigenvalue weighted by atomic mass is 35.5.